The van der Waals surface area contributed by atoms with E-state index in [2.05, 4.69) is 17.1 Å². The number of alkyl halides is 3. The lowest BCUT2D eigenvalue weighted by Crippen LogP contribution is -2.42. The zero-order valence-electron chi connectivity index (χ0n) is 13.8. The number of unbranched alkanes of at least 4 members (excludes halogenated alkanes) is 1. The molecule has 0 atom stereocenters. The van der Waals surface area contributed by atoms with Crippen molar-refractivity contribution in [3.63, 3.8) is 0 Å². The third-order valence-electron chi connectivity index (χ3n) is 4.64. The van der Waals surface area contributed by atoms with Crippen molar-refractivity contribution in [1.82, 2.24) is 10.2 Å². The summed E-state index contributed by atoms with van der Waals surface area (Å²) in [4.78, 5) is 2.47. The van der Waals surface area contributed by atoms with E-state index in [0.29, 0.717) is 6.04 Å². The van der Waals surface area contributed by atoms with Crippen LogP contribution in [0.25, 0.3) is 0 Å². The molecule has 2 rings (SSSR count). The summed E-state index contributed by atoms with van der Waals surface area (Å²) < 4.78 is 37.5. The van der Waals surface area contributed by atoms with Crippen LogP contribution < -0.4 is 5.32 Å². The predicted octanol–water partition coefficient (Wildman–Crippen LogP) is 4.10. The van der Waals surface area contributed by atoms with Crippen LogP contribution in [0.3, 0.4) is 0 Å². The van der Waals surface area contributed by atoms with Gasteiger partial charge in [0.05, 0.1) is 5.56 Å². The standard InChI is InChI=1S/C18H27F3N2/c1-2-23-13-10-17(11-14-23)22-12-4-3-5-15-6-8-16(9-7-15)18(19,20)21/h6-9,17,22H,2-5,10-14H2,1H3. The fraction of sp³-hybridized carbons (Fsp3) is 0.667. The molecule has 0 aliphatic carbocycles. The van der Waals surface area contributed by atoms with Gasteiger partial charge >= 0.3 is 6.18 Å². The number of halogens is 3. The molecule has 23 heavy (non-hydrogen) atoms. The molecule has 1 aliphatic rings. The van der Waals surface area contributed by atoms with Crippen molar-refractivity contribution < 1.29 is 13.2 Å². The molecule has 0 saturated carbocycles. The number of hydrogen-bond acceptors (Lipinski definition) is 2. The Labute approximate surface area is 137 Å². The van der Waals surface area contributed by atoms with E-state index in [4.69, 9.17) is 0 Å². The molecule has 1 aliphatic heterocycles. The molecule has 1 fully saturated rings. The summed E-state index contributed by atoms with van der Waals surface area (Å²) in [6, 6.07) is 6.17. The first-order valence-corrected chi connectivity index (χ1v) is 8.61. The molecule has 0 unspecified atom stereocenters. The quantitative estimate of drug-likeness (QED) is 0.758. The Kier molecular flexibility index (Phi) is 6.90. The topological polar surface area (TPSA) is 15.3 Å². The van der Waals surface area contributed by atoms with Gasteiger partial charge in [-0.25, -0.2) is 0 Å². The van der Waals surface area contributed by atoms with Crippen LogP contribution in [0.5, 0.6) is 0 Å². The summed E-state index contributed by atoms with van der Waals surface area (Å²) in [5, 5.41) is 3.61. The fourth-order valence-corrected chi connectivity index (χ4v) is 3.07. The molecule has 0 bridgehead atoms. The first-order chi connectivity index (χ1) is 11.0. The summed E-state index contributed by atoms with van der Waals surface area (Å²) in [5.41, 5.74) is 0.413. The Morgan fingerprint density at radius 2 is 1.74 bits per heavy atom. The zero-order chi connectivity index (χ0) is 16.7. The van der Waals surface area contributed by atoms with Crippen molar-refractivity contribution >= 4 is 0 Å². The number of rotatable bonds is 7. The predicted molar refractivity (Wildman–Crippen MR) is 87.5 cm³/mol. The van der Waals surface area contributed by atoms with Crippen LogP contribution in [0.15, 0.2) is 24.3 Å². The second kappa shape index (κ2) is 8.69. The average molecular weight is 328 g/mol. The van der Waals surface area contributed by atoms with E-state index in [9.17, 15) is 13.2 Å². The number of likely N-dealkylation sites (tertiary alicyclic amines) is 1. The molecule has 1 heterocycles. The number of nitrogens with one attached hydrogen (secondary N) is 1. The summed E-state index contributed by atoms with van der Waals surface area (Å²) in [7, 11) is 0. The Bertz CT molecular complexity index is 448. The van der Waals surface area contributed by atoms with Crippen molar-refractivity contribution in [2.24, 2.45) is 0 Å². The average Bonchev–Trinajstić information content (AvgIpc) is 2.55. The summed E-state index contributed by atoms with van der Waals surface area (Å²) >= 11 is 0. The highest BCUT2D eigenvalue weighted by Crippen LogP contribution is 2.29. The molecular formula is C18H27F3N2. The maximum Gasteiger partial charge on any atom is 0.416 e. The molecule has 1 N–H and O–H groups in total. The van der Waals surface area contributed by atoms with Gasteiger partial charge in [-0.3, -0.25) is 0 Å². The Morgan fingerprint density at radius 1 is 1.09 bits per heavy atom. The van der Waals surface area contributed by atoms with Gasteiger partial charge in [0.15, 0.2) is 0 Å². The van der Waals surface area contributed by atoms with E-state index >= 15 is 0 Å². The van der Waals surface area contributed by atoms with E-state index < -0.39 is 11.7 Å². The van der Waals surface area contributed by atoms with Gasteiger partial charge in [0.1, 0.15) is 0 Å². The third kappa shape index (κ3) is 6.15. The molecule has 130 valence electrons. The van der Waals surface area contributed by atoms with Gasteiger partial charge in [0.25, 0.3) is 0 Å². The van der Waals surface area contributed by atoms with Crippen molar-refractivity contribution in [3.05, 3.63) is 35.4 Å². The first kappa shape index (κ1) is 18.3. The van der Waals surface area contributed by atoms with E-state index in [-0.39, 0.29) is 0 Å². The molecule has 0 radical (unpaired) electrons. The lowest BCUT2D eigenvalue weighted by Gasteiger charge is -2.31. The molecule has 1 aromatic carbocycles. The van der Waals surface area contributed by atoms with Gasteiger partial charge in [-0.05, 0) is 76.0 Å². The summed E-state index contributed by atoms with van der Waals surface area (Å²) in [6.07, 6.45) is 1.10. The summed E-state index contributed by atoms with van der Waals surface area (Å²) in [5.74, 6) is 0. The summed E-state index contributed by atoms with van der Waals surface area (Å²) in [6.45, 7) is 6.70. The number of piperidine rings is 1. The maximum atomic E-state index is 12.5. The van der Waals surface area contributed by atoms with E-state index in [1.54, 1.807) is 12.1 Å². The van der Waals surface area contributed by atoms with Gasteiger partial charge in [-0.1, -0.05) is 19.1 Å². The molecular weight excluding hydrogens is 301 g/mol. The SMILES string of the molecule is CCN1CCC(NCCCCc2ccc(C(F)(F)F)cc2)CC1. The van der Waals surface area contributed by atoms with Crippen LogP contribution >= 0.6 is 0 Å². The zero-order valence-corrected chi connectivity index (χ0v) is 13.8. The van der Waals surface area contributed by atoms with Gasteiger partial charge in [-0.15, -0.1) is 0 Å². The van der Waals surface area contributed by atoms with Gasteiger partial charge < -0.3 is 10.2 Å². The fourth-order valence-electron chi connectivity index (χ4n) is 3.07. The van der Waals surface area contributed by atoms with Crippen molar-refractivity contribution in [3.8, 4) is 0 Å². The normalized spacial score (nSPS) is 17.6. The molecule has 1 saturated heterocycles. The largest absolute Gasteiger partial charge is 0.416 e. The van der Waals surface area contributed by atoms with E-state index in [0.717, 1.165) is 37.9 Å². The monoisotopic (exact) mass is 328 g/mol. The van der Waals surface area contributed by atoms with Gasteiger partial charge in [-0.2, -0.15) is 13.2 Å². The molecule has 5 heteroatoms. The van der Waals surface area contributed by atoms with Crippen LogP contribution in [-0.4, -0.2) is 37.1 Å². The van der Waals surface area contributed by atoms with Gasteiger partial charge in [0, 0.05) is 6.04 Å². The second-order valence-electron chi connectivity index (χ2n) is 6.31. The molecule has 0 amide bonds. The van der Waals surface area contributed by atoms with Crippen LogP contribution in [0.1, 0.15) is 43.7 Å². The number of benzene rings is 1. The van der Waals surface area contributed by atoms with Crippen molar-refractivity contribution in [2.45, 2.75) is 51.2 Å². The highest BCUT2D eigenvalue weighted by Gasteiger charge is 2.29. The highest BCUT2D eigenvalue weighted by atomic mass is 19.4. The molecule has 0 aromatic heterocycles. The molecule has 1 aromatic rings. The minimum atomic E-state index is -4.24. The van der Waals surface area contributed by atoms with Crippen molar-refractivity contribution in [2.75, 3.05) is 26.2 Å². The third-order valence-corrected chi connectivity index (χ3v) is 4.64. The maximum absolute atomic E-state index is 12.5. The van der Waals surface area contributed by atoms with Crippen LogP contribution in [0, 0.1) is 0 Å². The Morgan fingerprint density at radius 3 is 2.30 bits per heavy atom. The number of nitrogens with zero attached hydrogens (tertiary/aromatic N) is 1. The van der Waals surface area contributed by atoms with Crippen LogP contribution in [-0.2, 0) is 12.6 Å². The van der Waals surface area contributed by atoms with Crippen molar-refractivity contribution in [1.29, 1.82) is 0 Å². The van der Waals surface area contributed by atoms with Gasteiger partial charge in [0.2, 0.25) is 0 Å². The van der Waals surface area contributed by atoms with Crippen LogP contribution in [0.2, 0.25) is 0 Å². The Balaban J connectivity index is 1.59. The van der Waals surface area contributed by atoms with Crippen LogP contribution in [0.4, 0.5) is 13.2 Å². The molecule has 2 nitrogen and oxygen atoms in total. The minimum absolute atomic E-state index is 0.568. The lowest BCUT2D eigenvalue weighted by molar-refractivity contribution is -0.137. The Hall–Kier alpha value is -1.07. The smallest absolute Gasteiger partial charge is 0.314 e. The number of hydrogen-bond donors (Lipinski definition) is 1. The lowest BCUT2D eigenvalue weighted by atomic mass is 10.0. The molecule has 0 spiro atoms. The number of aryl methyl sites for hydroxylation is 1. The van der Waals surface area contributed by atoms with E-state index in [1.165, 1.54) is 38.1 Å². The first-order valence-electron chi connectivity index (χ1n) is 8.61. The minimum Gasteiger partial charge on any atom is -0.314 e. The second-order valence-corrected chi connectivity index (χ2v) is 6.31. The highest BCUT2D eigenvalue weighted by molar-refractivity contribution is 5.24. The van der Waals surface area contributed by atoms with E-state index in [1.807, 2.05) is 0 Å².